The molecule has 1 aromatic heterocycles. The zero-order valence-electron chi connectivity index (χ0n) is 33.3. The van der Waals surface area contributed by atoms with Gasteiger partial charge in [0.15, 0.2) is 0 Å². The van der Waals surface area contributed by atoms with E-state index in [1.807, 2.05) is 19.2 Å². The molecule has 2 amide bonds. The molecule has 7 rings (SSSR count). The fourth-order valence-electron chi connectivity index (χ4n) is 10.3. The number of carbonyl (C=O) groups is 5. The fourth-order valence-corrected chi connectivity index (χ4v) is 12.0. The van der Waals surface area contributed by atoms with Gasteiger partial charge in [0.2, 0.25) is 23.8 Å². The van der Waals surface area contributed by atoms with Crippen LogP contribution in [0.3, 0.4) is 0 Å². The Bertz CT molecular complexity index is 1760. The van der Waals surface area contributed by atoms with E-state index in [0.717, 1.165) is 80.9 Å². The number of hydrogen-bond acceptors (Lipinski definition) is 13. The second-order valence-corrected chi connectivity index (χ2v) is 17.8. The van der Waals surface area contributed by atoms with Crippen molar-refractivity contribution in [1.29, 1.82) is 0 Å². The van der Waals surface area contributed by atoms with Crippen molar-refractivity contribution in [2.24, 2.45) is 29.1 Å². The minimum absolute atomic E-state index is 0.0631. The molecule has 318 valence electrons. The first-order valence-electron chi connectivity index (χ1n) is 20.5. The number of aliphatic hydroxyl groups excluding tert-OH is 1. The lowest BCUT2D eigenvalue weighted by Gasteiger charge is -2.49. The zero-order valence-corrected chi connectivity index (χ0v) is 34.1. The number of amides is 2. The Morgan fingerprint density at radius 3 is 2.38 bits per heavy atom. The van der Waals surface area contributed by atoms with Crippen LogP contribution in [0.2, 0.25) is 0 Å². The standard InChI is InChI=1S/C41H58N6O10S/c1-42-20-28-25(17-24-10-15-44-16-11-24)19-26-18-23-5-7-27(8-6-23)40(12-3-4-13-40)34(33-31(26)32(28)38(53)57-33)58-21-29(35(49)47-36(50)37(51)52)46-30(48)9-14-41(56,39(54)55)45-22-43-2/h10-11,15-16,23,26-27,29,32,34,36,42-43,45,50,56H,3-9,12-14,17-22H2,1-2H3,(H,46,48)(H,47,49)(H,51,52)(H,54,55)/t23?,26-,27?,29-,32+,34-,36-,41+/m0/s1. The molecule has 2 saturated carbocycles. The summed E-state index contributed by atoms with van der Waals surface area (Å²) >= 11 is 1.41. The van der Waals surface area contributed by atoms with Gasteiger partial charge in [0, 0.05) is 44.2 Å². The summed E-state index contributed by atoms with van der Waals surface area (Å²) in [5.74, 6) is -4.31. The zero-order chi connectivity index (χ0) is 41.6. The first-order chi connectivity index (χ1) is 27.8. The lowest BCUT2D eigenvalue weighted by molar-refractivity contribution is -0.164. The van der Waals surface area contributed by atoms with Crippen molar-refractivity contribution in [3.63, 3.8) is 0 Å². The predicted molar refractivity (Wildman–Crippen MR) is 213 cm³/mol. The lowest BCUT2D eigenvalue weighted by atomic mass is 9.59. The quantitative estimate of drug-likeness (QED) is 0.0582. The van der Waals surface area contributed by atoms with E-state index < -0.39 is 60.5 Å². The number of pyridine rings is 1. The molecule has 0 unspecified atom stereocenters. The maximum Gasteiger partial charge on any atom is 0.353 e. The highest BCUT2D eigenvalue weighted by molar-refractivity contribution is 8.00. The normalized spacial score (nSPS) is 27.0. The summed E-state index contributed by atoms with van der Waals surface area (Å²) in [5.41, 5.74) is 1.70. The van der Waals surface area contributed by atoms with Gasteiger partial charge in [0.1, 0.15) is 17.7 Å². The molecule has 5 aliphatic carbocycles. The van der Waals surface area contributed by atoms with Gasteiger partial charge < -0.3 is 46.4 Å². The van der Waals surface area contributed by atoms with Crippen LogP contribution in [0, 0.1) is 29.1 Å². The summed E-state index contributed by atoms with van der Waals surface area (Å²) in [4.78, 5) is 69.1. The monoisotopic (exact) mass is 826 g/mol. The Labute approximate surface area is 342 Å². The van der Waals surface area contributed by atoms with Crippen molar-refractivity contribution in [2.45, 2.75) is 107 Å². The number of carboxylic acid groups (broad SMARTS) is 2. The highest BCUT2D eigenvalue weighted by Crippen LogP contribution is 2.62. The molecule has 58 heavy (non-hydrogen) atoms. The van der Waals surface area contributed by atoms with Gasteiger partial charge >= 0.3 is 17.9 Å². The molecule has 1 aliphatic heterocycles. The summed E-state index contributed by atoms with van der Waals surface area (Å²) in [6.45, 7) is 0.451. The summed E-state index contributed by atoms with van der Waals surface area (Å²) in [6.07, 6.45) is 10.8. The number of rotatable bonds is 18. The number of ether oxygens (including phenoxy) is 1. The van der Waals surface area contributed by atoms with Crippen LogP contribution in [0.4, 0.5) is 0 Å². The number of aliphatic carboxylic acids is 2. The molecule has 6 aliphatic rings. The predicted octanol–water partition coefficient (Wildman–Crippen LogP) is 1.78. The Balaban J connectivity index is 1.37. The molecule has 16 nitrogen and oxygen atoms in total. The smallest absolute Gasteiger partial charge is 0.353 e. The highest BCUT2D eigenvalue weighted by atomic mass is 32.2. The number of aliphatic hydroxyl groups is 2. The first kappa shape index (κ1) is 43.7. The molecule has 2 bridgehead atoms. The molecular formula is C41H58N6O10S. The van der Waals surface area contributed by atoms with Crippen molar-refractivity contribution < 1.29 is 49.1 Å². The molecule has 2 heterocycles. The minimum Gasteiger partial charge on any atom is -0.478 e. The van der Waals surface area contributed by atoms with Crippen LogP contribution in [0.25, 0.3) is 0 Å². The molecule has 17 heteroatoms. The molecule has 2 fully saturated rings. The molecule has 0 radical (unpaired) electrons. The maximum atomic E-state index is 14.4. The van der Waals surface area contributed by atoms with Crippen molar-refractivity contribution >= 4 is 41.5 Å². The van der Waals surface area contributed by atoms with E-state index >= 15 is 0 Å². The average molecular weight is 827 g/mol. The maximum absolute atomic E-state index is 14.4. The third kappa shape index (κ3) is 9.44. The second-order valence-electron chi connectivity index (χ2n) is 16.6. The number of aromatic nitrogens is 1. The van der Waals surface area contributed by atoms with E-state index in [9.17, 15) is 44.4 Å². The Morgan fingerprint density at radius 1 is 1.03 bits per heavy atom. The number of esters is 1. The van der Waals surface area contributed by atoms with Crippen LogP contribution in [0.1, 0.15) is 82.6 Å². The summed E-state index contributed by atoms with van der Waals surface area (Å²) in [5, 5.41) is 52.6. The number of likely N-dealkylation sites (N-methyl/N-ethyl adjacent to an activating group) is 1. The van der Waals surface area contributed by atoms with E-state index in [4.69, 9.17) is 4.74 Å². The van der Waals surface area contributed by atoms with E-state index in [-0.39, 0.29) is 35.0 Å². The van der Waals surface area contributed by atoms with Crippen molar-refractivity contribution in [2.75, 3.05) is 33.1 Å². The van der Waals surface area contributed by atoms with E-state index in [2.05, 4.69) is 31.6 Å². The lowest BCUT2D eigenvalue weighted by Crippen LogP contribution is -2.56. The molecule has 9 N–H and O–H groups in total. The molecule has 1 aromatic rings. The first-order valence-corrected chi connectivity index (χ1v) is 21.5. The van der Waals surface area contributed by atoms with E-state index in [0.29, 0.717) is 30.6 Å². The van der Waals surface area contributed by atoms with Crippen LogP contribution in [0.15, 0.2) is 47.0 Å². The number of fused-ring (bicyclic) bond motifs is 2. The van der Waals surface area contributed by atoms with Gasteiger partial charge in [-0.15, -0.1) is 11.8 Å². The van der Waals surface area contributed by atoms with Gasteiger partial charge in [-0.2, -0.15) is 0 Å². The van der Waals surface area contributed by atoms with Crippen LogP contribution >= 0.6 is 11.8 Å². The molecular weight excluding hydrogens is 769 g/mol. The molecule has 1 spiro atoms. The summed E-state index contributed by atoms with van der Waals surface area (Å²) in [6, 6.07) is 2.64. The van der Waals surface area contributed by atoms with Crippen molar-refractivity contribution in [3.05, 3.63) is 52.6 Å². The van der Waals surface area contributed by atoms with Gasteiger partial charge in [0.05, 0.1) is 5.25 Å². The number of nitrogens with one attached hydrogen (secondary N) is 5. The van der Waals surface area contributed by atoms with Gasteiger partial charge in [-0.25, -0.2) is 9.59 Å². The van der Waals surface area contributed by atoms with Crippen LogP contribution in [0.5, 0.6) is 0 Å². The van der Waals surface area contributed by atoms with Gasteiger partial charge in [0.25, 0.3) is 0 Å². The Morgan fingerprint density at radius 2 is 1.74 bits per heavy atom. The van der Waals surface area contributed by atoms with Gasteiger partial charge in [-0.1, -0.05) is 31.3 Å². The number of hydrogen-bond donors (Lipinski definition) is 9. The van der Waals surface area contributed by atoms with Gasteiger partial charge in [-0.05, 0) is 111 Å². The van der Waals surface area contributed by atoms with Crippen LogP contribution in [-0.4, -0.2) is 111 Å². The topological polar surface area (TPSA) is 249 Å². The summed E-state index contributed by atoms with van der Waals surface area (Å²) in [7, 11) is 3.42. The number of nitrogens with zero attached hydrogens (tertiary/aromatic N) is 1. The third-order valence-corrected chi connectivity index (χ3v) is 14.6. The average Bonchev–Trinajstić information content (AvgIpc) is 3.83. The number of carbonyl (C=O) groups excluding carboxylic acids is 3. The second kappa shape index (κ2) is 19.0. The molecule has 6 atom stereocenters. The van der Waals surface area contributed by atoms with Crippen LogP contribution in [-0.2, 0) is 35.1 Å². The van der Waals surface area contributed by atoms with Crippen molar-refractivity contribution in [1.82, 2.24) is 31.6 Å². The Hall–Kier alpha value is -3.87. The molecule has 0 saturated heterocycles. The SMILES string of the molecule is CNCN[C@@](O)(CCC(=O)N[C@@H](CS[C@H]1C2=C3[C@H](CC(Cc4ccncc4)=C(CNC)[C@H]3C(=O)O2)CC2CCC(CC2)C12CCCC2)C(=O)N[C@@H](O)C(=O)O)C(=O)O. The van der Waals surface area contributed by atoms with E-state index in [1.54, 1.807) is 19.4 Å². The number of carboxylic acids is 2. The largest absolute Gasteiger partial charge is 0.478 e. The highest BCUT2D eigenvalue weighted by Gasteiger charge is 2.56. The Kier molecular flexibility index (Phi) is 14.3. The number of thioether (sulfide) groups is 1. The minimum atomic E-state index is -2.44. The fraction of sp³-hybridized carbons (Fsp3) is 0.659. The van der Waals surface area contributed by atoms with Gasteiger partial charge in [-0.3, -0.25) is 24.7 Å². The molecule has 0 aromatic carbocycles. The third-order valence-electron chi connectivity index (χ3n) is 13.1. The van der Waals surface area contributed by atoms with E-state index in [1.165, 1.54) is 17.3 Å². The van der Waals surface area contributed by atoms with Crippen LogP contribution < -0.4 is 26.6 Å². The van der Waals surface area contributed by atoms with Crippen molar-refractivity contribution in [3.8, 4) is 0 Å². The number of allylic oxidation sites excluding steroid dienone is 1. The summed E-state index contributed by atoms with van der Waals surface area (Å²) < 4.78 is 6.54.